The summed E-state index contributed by atoms with van der Waals surface area (Å²) >= 11 is 0. The molecule has 2 aromatic heterocycles. The molecule has 2 unspecified atom stereocenters. The molecule has 2 fully saturated rings. The molecule has 1 aliphatic carbocycles. The number of amides is 4. The molecule has 2 N–H and O–H groups in total. The highest BCUT2D eigenvalue weighted by atomic mass is 16.5. The third-order valence-corrected chi connectivity index (χ3v) is 9.56. The Morgan fingerprint density at radius 3 is 2.17 bits per heavy atom. The van der Waals surface area contributed by atoms with Gasteiger partial charge in [-0.2, -0.15) is 4.98 Å². The number of aryl methyl sites for hydroxylation is 1. The first-order chi connectivity index (χ1) is 25.2. The Bertz CT molecular complexity index is 2180. The van der Waals surface area contributed by atoms with Crippen LogP contribution in [0.2, 0.25) is 0 Å². The molecule has 1 saturated heterocycles. The van der Waals surface area contributed by atoms with E-state index in [0.717, 1.165) is 34.6 Å². The normalized spacial score (nSPS) is 20.2. The predicted molar refractivity (Wildman–Crippen MR) is 185 cm³/mol. The zero-order chi connectivity index (χ0) is 35.9. The fourth-order valence-corrected chi connectivity index (χ4v) is 6.63. The quantitative estimate of drug-likeness (QED) is 0.182. The number of imide groups is 2. The number of anilines is 1. The monoisotopic (exact) mass is 699 g/mol. The van der Waals surface area contributed by atoms with Gasteiger partial charge in [0, 0.05) is 43.8 Å². The molecule has 14 nitrogen and oxygen atoms in total. The van der Waals surface area contributed by atoms with Gasteiger partial charge in [-0.25, -0.2) is 9.97 Å². The van der Waals surface area contributed by atoms with Crippen molar-refractivity contribution in [2.24, 2.45) is 0 Å². The minimum absolute atomic E-state index is 0.0405. The highest BCUT2D eigenvalue weighted by Crippen LogP contribution is 2.34. The van der Waals surface area contributed by atoms with Crippen LogP contribution in [0.25, 0.3) is 11.6 Å². The summed E-state index contributed by atoms with van der Waals surface area (Å²) in [6, 6.07) is 20.2. The van der Waals surface area contributed by atoms with E-state index in [4.69, 9.17) is 14.0 Å². The van der Waals surface area contributed by atoms with Crippen molar-refractivity contribution in [2.75, 3.05) is 5.32 Å². The number of fused-ring (bicyclic) bond motifs is 1. The zero-order valence-electron chi connectivity index (χ0n) is 28.2. The van der Waals surface area contributed by atoms with Crippen LogP contribution in [0.3, 0.4) is 0 Å². The van der Waals surface area contributed by atoms with Crippen LogP contribution in [0.15, 0.2) is 83.6 Å². The molecule has 4 heterocycles. The molecule has 5 aromatic rings. The molecule has 262 valence electrons. The number of benzene rings is 3. The summed E-state index contributed by atoms with van der Waals surface area (Å²) in [7, 11) is 0. The van der Waals surface area contributed by atoms with Crippen molar-refractivity contribution in [3.05, 3.63) is 107 Å². The van der Waals surface area contributed by atoms with Crippen molar-refractivity contribution < 1.29 is 33.2 Å². The van der Waals surface area contributed by atoms with Crippen molar-refractivity contribution in [1.82, 2.24) is 30.3 Å². The lowest BCUT2D eigenvalue weighted by atomic mass is 9.88. The Kier molecular flexibility index (Phi) is 8.41. The number of rotatable bonds is 10. The van der Waals surface area contributed by atoms with E-state index in [1.54, 1.807) is 37.5 Å². The summed E-state index contributed by atoms with van der Waals surface area (Å²) in [6.07, 6.45) is 4.92. The molecule has 4 amide bonds. The first-order valence-corrected chi connectivity index (χ1v) is 17.0. The second-order valence-corrected chi connectivity index (χ2v) is 13.1. The molecule has 1 saturated carbocycles. The molecular formula is C38H33N7O7. The van der Waals surface area contributed by atoms with Crippen LogP contribution in [-0.4, -0.2) is 66.8 Å². The fraction of sp³-hybridized carbons (Fsp3) is 0.263. The summed E-state index contributed by atoms with van der Waals surface area (Å²) in [5, 5.41) is 9.47. The lowest BCUT2D eigenvalue weighted by molar-refractivity contribution is -0.136. The van der Waals surface area contributed by atoms with Crippen molar-refractivity contribution >= 4 is 29.3 Å². The standard InChI is InChI=1S/C38H33N7O7/c1-20(23-5-10-27(11-6-23)51-29-18-39-34(40-19-29)35-41-21(2)52-44-35)22-3-8-26(9-4-22)50-28-15-25(16-28)42-24-7-12-30-31(17-24)38(49)45(37(30)48)32-13-14-33(46)43-36(32)47/h3-12,17-20,25,28,32,42H,13-16H2,1-2H3,(H,43,46,47)/t20?,25-,28-,32?. The van der Waals surface area contributed by atoms with Crippen LogP contribution >= 0.6 is 0 Å². The summed E-state index contributed by atoms with van der Waals surface area (Å²) in [5.41, 5.74) is 3.50. The first-order valence-electron chi connectivity index (χ1n) is 17.0. The predicted octanol–water partition coefficient (Wildman–Crippen LogP) is 5.20. The van der Waals surface area contributed by atoms with Crippen LogP contribution in [0, 0.1) is 6.92 Å². The number of aromatic nitrogens is 4. The van der Waals surface area contributed by atoms with Crippen LogP contribution in [0.5, 0.6) is 17.2 Å². The molecule has 0 spiro atoms. The summed E-state index contributed by atoms with van der Waals surface area (Å²) in [5.74, 6) is 1.14. The Morgan fingerprint density at radius 1 is 0.846 bits per heavy atom. The van der Waals surface area contributed by atoms with Crippen LogP contribution in [0.1, 0.15) is 76.3 Å². The molecule has 14 heteroatoms. The van der Waals surface area contributed by atoms with Gasteiger partial charge < -0.3 is 19.3 Å². The summed E-state index contributed by atoms with van der Waals surface area (Å²) in [4.78, 5) is 63.6. The van der Waals surface area contributed by atoms with E-state index < -0.39 is 29.7 Å². The highest BCUT2D eigenvalue weighted by Gasteiger charge is 2.44. The molecule has 0 bridgehead atoms. The average Bonchev–Trinajstić information content (AvgIpc) is 3.67. The largest absolute Gasteiger partial charge is 0.490 e. The molecule has 0 radical (unpaired) electrons. The number of hydrogen-bond donors (Lipinski definition) is 2. The number of hydrogen-bond acceptors (Lipinski definition) is 12. The van der Waals surface area contributed by atoms with Crippen LogP contribution < -0.4 is 20.1 Å². The second kappa shape index (κ2) is 13.4. The van der Waals surface area contributed by atoms with E-state index in [1.165, 1.54) is 0 Å². The Morgan fingerprint density at radius 2 is 1.52 bits per heavy atom. The van der Waals surface area contributed by atoms with E-state index in [9.17, 15) is 19.2 Å². The fourth-order valence-electron chi connectivity index (χ4n) is 6.63. The molecule has 2 aliphatic heterocycles. The molecule has 8 rings (SSSR count). The first kappa shape index (κ1) is 32.7. The molecular weight excluding hydrogens is 666 g/mol. The topological polar surface area (TPSA) is 179 Å². The number of ether oxygens (including phenoxy) is 2. The molecule has 52 heavy (non-hydrogen) atoms. The van der Waals surface area contributed by atoms with E-state index >= 15 is 0 Å². The maximum absolute atomic E-state index is 13.2. The van der Waals surface area contributed by atoms with Gasteiger partial charge in [0.1, 0.15) is 23.6 Å². The minimum atomic E-state index is -0.989. The van der Waals surface area contributed by atoms with Gasteiger partial charge in [0.05, 0.1) is 23.5 Å². The maximum Gasteiger partial charge on any atom is 0.262 e. The minimum Gasteiger partial charge on any atom is -0.490 e. The van der Waals surface area contributed by atoms with E-state index in [1.807, 2.05) is 36.4 Å². The van der Waals surface area contributed by atoms with Crippen molar-refractivity contribution in [3.8, 4) is 28.9 Å². The van der Waals surface area contributed by atoms with Gasteiger partial charge in [-0.05, 0) is 60.0 Å². The van der Waals surface area contributed by atoms with Gasteiger partial charge in [0.15, 0.2) is 5.75 Å². The number of nitrogens with zero attached hydrogens (tertiary/aromatic N) is 5. The molecule has 2 atom stereocenters. The van der Waals surface area contributed by atoms with Crippen molar-refractivity contribution in [2.45, 2.75) is 63.6 Å². The third kappa shape index (κ3) is 6.45. The SMILES string of the molecule is Cc1nc(-c2ncc(Oc3ccc(C(C)c4ccc(O[C@H]5C[C@H](Nc6ccc7c(c6)C(=O)N(C6CCC(=O)NC6=O)C7=O)C5)cc4)cc3)cn2)no1. The van der Waals surface area contributed by atoms with Crippen LogP contribution in [-0.2, 0) is 9.59 Å². The Labute approximate surface area is 297 Å². The number of nitrogens with one attached hydrogen (secondary N) is 2. The van der Waals surface area contributed by atoms with Gasteiger partial charge in [0.25, 0.3) is 11.8 Å². The van der Waals surface area contributed by atoms with E-state index in [0.29, 0.717) is 34.7 Å². The zero-order valence-corrected chi connectivity index (χ0v) is 28.2. The second-order valence-electron chi connectivity index (χ2n) is 13.1. The van der Waals surface area contributed by atoms with Gasteiger partial charge in [-0.3, -0.25) is 29.4 Å². The number of piperidine rings is 1. The van der Waals surface area contributed by atoms with Crippen molar-refractivity contribution in [1.29, 1.82) is 0 Å². The van der Waals surface area contributed by atoms with Gasteiger partial charge in [-0.1, -0.05) is 36.3 Å². The van der Waals surface area contributed by atoms with Gasteiger partial charge in [0.2, 0.25) is 29.4 Å². The Balaban J connectivity index is 0.813. The molecule has 3 aromatic carbocycles. The van der Waals surface area contributed by atoms with Gasteiger partial charge in [-0.15, -0.1) is 0 Å². The Hall–Kier alpha value is -6.44. The van der Waals surface area contributed by atoms with Crippen LogP contribution in [0.4, 0.5) is 5.69 Å². The average molecular weight is 700 g/mol. The number of carbonyl (C=O) groups is 4. The maximum atomic E-state index is 13.2. The lowest BCUT2D eigenvalue weighted by Crippen LogP contribution is -2.54. The van der Waals surface area contributed by atoms with E-state index in [-0.39, 0.29) is 42.0 Å². The van der Waals surface area contributed by atoms with E-state index in [2.05, 4.69) is 49.8 Å². The van der Waals surface area contributed by atoms with Crippen molar-refractivity contribution in [3.63, 3.8) is 0 Å². The highest BCUT2D eigenvalue weighted by molar-refractivity contribution is 6.23. The number of carbonyl (C=O) groups excluding carboxylic acids is 4. The molecule has 3 aliphatic rings. The third-order valence-electron chi connectivity index (χ3n) is 9.56. The smallest absolute Gasteiger partial charge is 0.262 e. The summed E-state index contributed by atoms with van der Waals surface area (Å²) in [6.45, 7) is 3.85. The van der Waals surface area contributed by atoms with Gasteiger partial charge >= 0.3 is 0 Å². The summed E-state index contributed by atoms with van der Waals surface area (Å²) < 4.78 is 17.1. The lowest BCUT2D eigenvalue weighted by Gasteiger charge is -2.36.